The smallest absolute Gasteiger partial charge is 0.0251 e. The molecule has 2 atom stereocenters. The maximum Gasteiger partial charge on any atom is 0.0251 e. The quantitative estimate of drug-likeness (QED) is 0.546. The lowest BCUT2D eigenvalue weighted by Gasteiger charge is -2.39. The Bertz CT molecular complexity index is 169. The van der Waals surface area contributed by atoms with Crippen molar-refractivity contribution in [2.75, 3.05) is 11.9 Å². The Balaban J connectivity index is 2.48. The fourth-order valence-electron chi connectivity index (χ4n) is 2.09. The number of piperidine rings is 1. The number of halogens is 1. The predicted molar refractivity (Wildman–Crippen MR) is 62.4 cm³/mol. The van der Waals surface area contributed by atoms with E-state index < -0.39 is 0 Å². The van der Waals surface area contributed by atoms with Crippen molar-refractivity contribution in [2.45, 2.75) is 45.2 Å². The Kier molecular flexibility index (Phi) is 4.47. The van der Waals surface area contributed by atoms with Crippen LogP contribution in [0.2, 0.25) is 0 Å². The molecule has 0 aromatic carbocycles. The summed E-state index contributed by atoms with van der Waals surface area (Å²) >= 11 is 3.46. The van der Waals surface area contributed by atoms with Crippen LogP contribution >= 0.6 is 15.9 Å². The molecule has 0 bridgehead atoms. The second kappa shape index (κ2) is 5.16. The van der Waals surface area contributed by atoms with Gasteiger partial charge in [0.1, 0.15) is 0 Å². The highest BCUT2D eigenvalue weighted by atomic mass is 79.9. The predicted octanol–water partition coefficient (Wildman–Crippen LogP) is 3.20. The van der Waals surface area contributed by atoms with Crippen LogP contribution in [0, 0.1) is 0 Å². The van der Waals surface area contributed by atoms with Crippen molar-refractivity contribution in [3.63, 3.8) is 0 Å². The average molecular weight is 246 g/mol. The van der Waals surface area contributed by atoms with Crippen LogP contribution < -0.4 is 0 Å². The van der Waals surface area contributed by atoms with Crippen LogP contribution in [0.1, 0.15) is 33.1 Å². The van der Waals surface area contributed by atoms with Crippen molar-refractivity contribution >= 4 is 15.9 Å². The Morgan fingerprint density at radius 1 is 1.38 bits per heavy atom. The van der Waals surface area contributed by atoms with Crippen LogP contribution in [0.4, 0.5) is 0 Å². The van der Waals surface area contributed by atoms with Crippen molar-refractivity contribution in [3.05, 3.63) is 12.2 Å². The second-order valence-corrected chi connectivity index (χ2v) is 4.75. The molecule has 0 aliphatic carbocycles. The molecule has 2 heteroatoms. The molecule has 13 heavy (non-hydrogen) atoms. The average Bonchev–Trinajstić information content (AvgIpc) is 2.11. The third-order valence-corrected chi connectivity index (χ3v) is 3.76. The molecule has 1 heterocycles. The Hall–Kier alpha value is 0.180. The third-order valence-electron chi connectivity index (χ3n) is 2.97. The molecule has 0 spiro atoms. The largest absolute Gasteiger partial charge is 0.294 e. The van der Waals surface area contributed by atoms with Crippen LogP contribution in [-0.4, -0.2) is 28.9 Å². The van der Waals surface area contributed by atoms with Crippen molar-refractivity contribution in [1.82, 2.24) is 4.90 Å². The molecule has 1 rings (SSSR count). The number of nitrogens with zero attached hydrogens (tertiary/aromatic N) is 1. The van der Waals surface area contributed by atoms with Gasteiger partial charge in [0.15, 0.2) is 0 Å². The number of likely N-dealkylation sites (tertiary alicyclic amines) is 1. The Morgan fingerprint density at radius 3 is 2.38 bits per heavy atom. The lowest BCUT2D eigenvalue weighted by atomic mass is 9.97. The van der Waals surface area contributed by atoms with Gasteiger partial charge in [-0.1, -0.05) is 34.5 Å². The van der Waals surface area contributed by atoms with Crippen LogP contribution in [0.25, 0.3) is 0 Å². The monoisotopic (exact) mass is 245 g/mol. The van der Waals surface area contributed by atoms with Gasteiger partial charge in [-0.25, -0.2) is 0 Å². The van der Waals surface area contributed by atoms with Crippen LogP contribution in [0.3, 0.4) is 0 Å². The molecule has 1 saturated heterocycles. The highest BCUT2D eigenvalue weighted by molar-refractivity contribution is 9.09. The maximum absolute atomic E-state index is 4.05. The molecule has 0 aromatic rings. The minimum absolute atomic E-state index is 0.736. The van der Waals surface area contributed by atoms with Crippen molar-refractivity contribution in [2.24, 2.45) is 0 Å². The normalized spacial score (nSPS) is 30.4. The summed E-state index contributed by atoms with van der Waals surface area (Å²) in [7, 11) is 0. The number of rotatable bonds is 3. The summed E-state index contributed by atoms with van der Waals surface area (Å²) in [4.78, 5) is 2.58. The fraction of sp³-hybridized carbons (Fsp3) is 0.818. The third kappa shape index (κ3) is 3.10. The molecule has 1 aliphatic heterocycles. The minimum Gasteiger partial charge on any atom is -0.294 e. The van der Waals surface area contributed by atoms with Gasteiger partial charge >= 0.3 is 0 Å². The van der Waals surface area contributed by atoms with E-state index in [2.05, 4.69) is 41.3 Å². The summed E-state index contributed by atoms with van der Waals surface area (Å²) < 4.78 is 0. The first kappa shape index (κ1) is 11.3. The number of hydrogen-bond donors (Lipinski definition) is 0. The van der Waals surface area contributed by atoms with Crippen molar-refractivity contribution in [1.29, 1.82) is 0 Å². The minimum atomic E-state index is 0.736. The van der Waals surface area contributed by atoms with E-state index >= 15 is 0 Å². The van der Waals surface area contributed by atoms with Gasteiger partial charge in [0.05, 0.1) is 0 Å². The molecule has 1 nitrogen and oxygen atoms in total. The fourth-order valence-corrected chi connectivity index (χ4v) is 2.26. The molecule has 76 valence electrons. The van der Waals surface area contributed by atoms with Gasteiger partial charge in [-0.3, -0.25) is 4.90 Å². The zero-order valence-corrected chi connectivity index (χ0v) is 10.3. The molecule has 0 amide bonds. The second-order valence-electron chi connectivity index (χ2n) is 4.18. The van der Waals surface area contributed by atoms with E-state index in [-0.39, 0.29) is 0 Å². The van der Waals surface area contributed by atoms with Gasteiger partial charge in [0.25, 0.3) is 0 Å². The highest BCUT2D eigenvalue weighted by Gasteiger charge is 2.24. The van der Waals surface area contributed by atoms with Gasteiger partial charge in [-0.05, 0) is 26.7 Å². The maximum atomic E-state index is 4.05. The summed E-state index contributed by atoms with van der Waals surface area (Å²) in [6.45, 7) is 9.77. The first-order valence-corrected chi connectivity index (χ1v) is 6.25. The van der Waals surface area contributed by atoms with Gasteiger partial charge in [0.2, 0.25) is 0 Å². The van der Waals surface area contributed by atoms with E-state index in [1.165, 1.54) is 24.8 Å². The lowest BCUT2D eigenvalue weighted by Crippen LogP contribution is -2.44. The van der Waals surface area contributed by atoms with E-state index in [4.69, 9.17) is 0 Å². The molecule has 1 fully saturated rings. The van der Waals surface area contributed by atoms with Crippen LogP contribution in [0.5, 0.6) is 0 Å². The molecular formula is C11H20BrN. The zero-order valence-electron chi connectivity index (χ0n) is 8.72. The molecule has 0 aromatic heterocycles. The molecular weight excluding hydrogens is 226 g/mol. The highest BCUT2D eigenvalue weighted by Crippen LogP contribution is 2.23. The topological polar surface area (TPSA) is 3.24 Å². The van der Waals surface area contributed by atoms with Crippen molar-refractivity contribution in [3.8, 4) is 0 Å². The number of hydrogen-bond acceptors (Lipinski definition) is 1. The molecule has 2 unspecified atom stereocenters. The Labute approximate surface area is 90.3 Å². The summed E-state index contributed by atoms with van der Waals surface area (Å²) in [6.07, 6.45) is 4.08. The standard InChI is InChI=1S/C11H20BrN/c1-9(7-12)8-13-10(2)5-4-6-11(13)3/h10-11H,1,4-8H2,2-3H3. The van der Waals surface area contributed by atoms with Gasteiger partial charge in [0, 0.05) is 24.0 Å². The van der Waals surface area contributed by atoms with Crippen LogP contribution in [-0.2, 0) is 0 Å². The first-order valence-electron chi connectivity index (χ1n) is 5.13. The van der Waals surface area contributed by atoms with Gasteiger partial charge in [-0.2, -0.15) is 0 Å². The lowest BCUT2D eigenvalue weighted by molar-refractivity contribution is 0.116. The van der Waals surface area contributed by atoms with Gasteiger partial charge < -0.3 is 0 Å². The van der Waals surface area contributed by atoms with E-state index in [0.29, 0.717) is 0 Å². The summed E-state index contributed by atoms with van der Waals surface area (Å²) in [6, 6.07) is 1.47. The first-order chi connectivity index (χ1) is 6.15. The SMILES string of the molecule is C=C(CBr)CN1C(C)CCCC1C. The van der Waals surface area contributed by atoms with E-state index in [0.717, 1.165) is 24.0 Å². The summed E-state index contributed by atoms with van der Waals surface area (Å²) in [5.41, 5.74) is 1.29. The van der Waals surface area contributed by atoms with Crippen LogP contribution in [0.15, 0.2) is 12.2 Å². The van der Waals surface area contributed by atoms with E-state index in [1.54, 1.807) is 0 Å². The molecule has 0 N–H and O–H groups in total. The Morgan fingerprint density at radius 2 is 1.92 bits per heavy atom. The van der Waals surface area contributed by atoms with Gasteiger partial charge in [-0.15, -0.1) is 0 Å². The van der Waals surface area contributed by atoms with E-state index in [9.17, 15) is 0 Å². The summed E-state index contributed by atoms with van der Waals surface area (Å²) in [5, 5.41) is 0.933. The number of alkyl halides is 1. The molecule has 0 saturated carbocycles. The zero-order chi connectivity index (χ0) is 9.84. The van der Waals surface area contributed by atoms with Crippen molar-refractivity contribution < 1.29 is 0 Å². The van der Waals surface area contributed by atoms with E-state index in [1.807, 2.05) is 0 Å². The molecule has 1 aliphatic rings. The molecule has 0 radical (unpaired) electrons. The summed E-state index contributed by atoms with van der Waals surface area (Å²) in [5.74, 6) is 0.